The Bertz CT molecular complexity index is 584. The van der Waals surface area contributed by atoms with Crippen LogP contribution in [0.5, 0.6) is 0 Å². The first-order valence-electron chi connectivity index (χ1n) is 5.82. The Labute approximate surface area is 119 Å². The molecule has 0 saturated carbocycles. The van der Waals surface area contributed by atoms with Gasteiger partial charge in [-0.15, -0.1) is 0 Å². The van der Waals surface area contributed by atoms with Crippen LogP contribution in [0, 0.1) is 0 Å². The second-order valence-corrected chi connectivity index (χ2v) is 5.69. The maximum Gasteiger partial charge on any atom is 0.258 e. The van der Waals surface area contributed by atoms with Gasteiger partial charge < -0.3 is 15.0 Å². The van der Waals surface area contributed by atoms with Crippen LogP contribution >= 0.6 is 23.4 Å². The molecule has 0 bridgehead atoms. The van der Waals surface area contributed by atoms with E-state index in [-0.39, 0.29) is 6.10 Å². The number of halogens is 1. The zero-order chi connectivity index (χ0) is 13.2. The van der Waals surface area contributed by atoms with E-state index >= 15 is 0 Å². The molecule has 5 nitrogen and oxygen atoms in total. The minimum Gasteiger partial charge on any atom is -0.398 e. The van der Waals surface area contributed by atoms with Gasteiger partial charge in [-0.1, -0.05) is 16.8 Å². The predicted molar refractivity (Wildman–Crippen MR) is 75.2 cm³/mol. The summed E-state index contributed by atoms with van der Waals surface area (Å²) >= 11 is 7.70. The van der Waals surface area contributed by atoms with E-state index in [4.69, 9.17) is 26.6 Å². The molecule has 19 heavy (non-hydrogen) atoms. The summed E-state index contributed by atoms with van der Waals surface area (Å²) in [5, 5.41) is 4.48. The van der Waals surface area contributed by atoms with Gasteiger partial charge in [0.25, 0.3) is 5.89 Å². The van der Waals surface area contributed by atoms with E-state index in [1.165, 1.54) is 0 Å². The van der Waals surface area contributed by atoms with Gasteiger partial charge >= 0.3 is 0 Å². The van der Waals surface area contributed by atoms with Gasteiger partial charge in [0.1, 0.15) is 6.10 Å². The van der Waals surface area contributed by atoms with E-state index in [1.54, 1.807) is 18.2 Å². The molecule has 1 fully saturated rings. The average Bonchev–Trinajstić information content (AvgIpc) is 2.93. The zero-order valence-corrected chi connectivity index (χ0v) is 11.6. The van der Waals surface area contributed by atoms with Crippen LogP contribution < -0.4 is 5.73 Å². The molecule has 0 spiro atoms. The van der Waals surface area contributed by atoms with Crippen molar-refractivity contribution in [2.24, 2.45) is 0 Å². The van der Waals surface area contributed by atoms with E-state index in [9.17, 15) is 0 Å². The van der Waals surface area contributed by atoms with Crippen LogP contribution in [0.3, 0.4) is 0 Å². The number of aromatic nitrogens is 2. The summed E-state index contributed by atoms with van der Waals surface area (Å²) in [4.78, 5) is 4.36. The molecule has 1 aromatic heterocycles. The fraction of sp³-hybridized carbons (Fsp3) is 0.333. The zero-order valence-electron chi connectivity index (χ0n) is 10.0. The van der Waals surface area contributed by atoms with Crippen molar-refractivity contribution in [1.29, 1.82) is 0 Å². The van der Waals surface area contributed by atoms with Crippen molar-refractivity contribution in [2.75, 3.05) is 23.8 Å². The standard InChI is InChI=1S/C12H12ClN3O2S/c13-8-2-1-7(5-9(8)14)12-15-11(16-18-12)10-6-19-4-3-17-10/h1-2,5,10H,3-4,6,14H2. The molecule has 7 heteroatoms. The molecule has 2 aromatic rings. The summed E-state index contributed by atoms with van der Waals surface area (Å²) in [6.45, 7) is 0.715. The number of benzene rings is 1. The van der Waals surface area contributed by atoms with Crippen molar-refractivity contribution in [1.82, 2.24) is 10.1 Å². The quantitative estimate of drug-likeness (QED) is 0.859. The third-order valence-corrected chi connectivity index (χ3v) is 4.13. The molecule has 1 aliphatic rings. The number of rotatable bonds is 2. The Hall–Kier alpha value is -1.24. The highest BCUT2D eigenvalue weighted by atomic mass is 35.5. The molecule has 0 amide bonds. The highest BCUT2D eigenvalue weighted by molar-refractivity contribution is 7.99. The molecular formula is C12H12ClN3O2S. The smallest absolute Gasteiger partial charge is 0.258 e. The van der Waals surface area contributed by atoms with Crippen molar-refractivity contribution in [3.05, 3.63) is 29.0 Å². The summed E-state index contributed by atoms with van der Waals surface area (Å²) in [6.07, 6.45) is -0.0964. The van der Waals surface area contributed by atoms with Gasteiger partial charge in [-0.3, -0.25) is 0 Å². The first kappa shape index (κ1) is 12.8. The third kappa shape index (κ3) is 2.70. The fourth-order valence-electron chi connectivity index (χ4n) is 1.80. The first-order valence-corrected chi connectivity index (χ1v) is 7.35. The molecule has 3 rings (SSSR count). The van der Waals surface area contributed by atoms with Crippen molar-refractivity contribution in [3.8, 4) is 11.5 Å². The van der Waals surface area contributed by atoms with Gasteiger partial charge in [-0.25, -0.2) is 0 Å². The number of nitrogen functional groups attached to an aromatic ring is 1. The monoisotopic (exact) mass is 297 g/mol. The van der Waals surface area contributed by atoms with Gasteiger partial charge in [-0.05, 0) is 18.2 Å². The van der Waals surface area contributed by atoms with E-state index in [0.29, 0.717) is 29.0 Å². The predicted octanol–water partition coefficient (Wildman–Crippen LogP) is 2.78. The van der Waals surface area contributed by atoms with E-state index in [1.807, 2.05) is 11.8 Å². The second kappa shape index (κ2) is 5.40. The van der Waals surface area contributed by atoms with E-state index in [2.05, 4.69) is 10.1 Å². The lowest BCUT2D eigenvalue weighted by Crippen LogP contribution is -2.16. The number of thioether (sulfide) groups is 1. The van der Waals surface area contributed by atoms with Gasteiger partial charge in [0.2, 0.25) is 5.82 Å². The molecule has 1 aromatic carbocycles. The molecule has 1 unspecified atom stereocenters. The molecule has 1 atom stereocenters. The van der Waals surface area contributed by atoms with E-state index in [0.717, 1.165) is 17.1 Å². The lowest BCUT2D eigenvalue weighted by Gasteiger charge is -2.18. The minimum absolute atomic E-state index is 0.0964. The van der Waals surface area contributed by atoms with Crippen LogP contribution in [0.15, 0.2) is 22.7 Å². The Morgan fingerprint density at radius 3 is 3.05 bits per heavy atom. The number of nitrogens with zero attached hydrogens (tertiary/aromatic N) is 2. The topological polar surface area (TPSA) is 74.2 Å². The van der Waals surface area contributed by atoms with Gasteiger partial charge in [0.15, 0.2) is 0 Å². The third-order valence-electron chi connectivity index (χ3n) is 2.79. The van der Waals surface area contributed by atoms with Gasteiger partial charge in [-0.2, -0.15) is 16.7 Å². The normalized spacial score (nSPS) is 19.5. The van der Waals surface area contributed by atoms with Crippen molar-refractivity contribution >= 4 is 29.1 Å². The summed E-state index contributed by atoms with van der Waals surface area (Å²) in [6, 6.07) is 5.23. The molecule has 100 valence electrons. The van der Waals surface area contributed by atoms with Gasteiger partial charge in [0.05, 0.1) is 17.3 Å². The molecule has 0 radical (unpaired) electrons. The maximum atomic E-state index is 5.88. The second-order valence-electron chi connectivity index (χ2n) is 4.13. The van der Waals surface area contributed by atoms with Crippen molar-refractivity contribution < 1.29 is 9.26 Å². The van der Waals surface area contributed by atoms with Crippen LogP contribution in [0.25, 0.3) is 11.5 Å². The van der Waals surface area contributed by atoms with Crippen molar-refractivity contribution in [2.45, 2.75) is 6.10 Å². The number of anilines is 1. The molecule has 1 aliphatic heterocycles. The molecule has 1 saturated heterocycles. The molecular weight excluding hydrogens is 286 g/mol. The summed E-state index contributed by atoms with van der Waals surface area (Å²) < 4.78 is 10.9. The lowest BCUT2D eigenvalue weighted by molar-refractivity contribution is 0.0677. The van der Waals surface area contributed by atoms with Crippen LogP contribution in [-0.2, 0) is 4.74 Å². The van der Waals surface area contributed by atoms with Crippen LogP contribution in [-0.4, -0.2) is 28.3 Å². The number of hydrogen-bond donors (Lipinski definition) is 1. The molecule has 2 N–H and O–H groups in total. The maximum absolute atomic E-state index is 5.88. The van der Waals surface area contributed by atoms with Crippen LogP contribution in [0.1, 0.15) is 11.9 Å². The Morgan fingerprint density at radius 1 is 1.42 bits per heavy atom. The van der Waals surface area contributed by atoms with Gasteiger partial charge in [0, 0.05) is 17.1 Å². The van der Waals surface area contributed by atoms with Crippen molar-refractivity contribution in [3.63, 3.8) is 0 Å². The Balaban J connectivity index is 1.85. The number of hydrogen-bond acceptors (Lipinski definition) is 6. The minimum atomic E-state index is -0.0964. The van der Waals surface area contributed by atoms with Crippen LogP contribution in [0.2, 0.25) is 5.02 Å². The summed E-state index contributed by atoms with van der Waals surface area (Å²) in [5.74, 6) is 2.87. The molecule has 2 heterocycles. The number of nitrogens with two attached hydrogens (primary N) is 1. The summed E-state index contributed by atoms with van der Waals surface area (Å²) in [7, 11) is 0. The van der Waals surface area contributed by atoms with E-state index < -0.39 is 0 Å². The summed E-state index contributed by atoms with van der Waals surface area (Å²) in [5.41, 5.74) is 7.00. The first-order chi connectivity index (χ1) is 9.24. The SMILES string of the molecule is Nc1cc(-c2nc(C3CSCCO3)no2)ccc1Cl. The molecule has 0 aliphatic carbocycles. The fourth-order valence-corrected chi connectivity index (χ4v) is 2.75. The lowest BCUT2D eigenvalue weighted by atomic mass is 10.2. The Kier molecular flexibility index (Phi) is 3.63. The highest BCUT2D eigenvalue weighted by Crippen LogP contribution is 2.29. The highest BCUT2D eigenvalue weighted by Gasteiger charge is 2.22. The van der Waals surface area contributed by atoms with Crippen LogP contribution in [0.4, 0.5) is 5.69 Å². The average molecular weight is 298 g/mol. The largest absolute Gasteiger partial charge is 0.398 e. The number of ether oxygens (including phenoxy) is 1. The Morgan fingerprint density at radius 2 is 2.32 bits per heavy atom.